The van der Waals surface area contributed by atoms with Gasteiger partial charge in [0.2, 0.25) is 0 Å². The summed E-state index contributed by atoms with van der Waals surface area (Å²) in [5.74, 6) is 0. The Hall–Kier alpha value is 0.170. The van der Waals surface area contributed by atoms with Crippen molar-refractivity contribution in [3.05, 3.63) is 0 Å². The van der Waals surface area contributed by atoms with Gasteiger partial charge >= 0.3 is 8.60 Å². The van der Waals surface area contributed by atoms with Gasteiger partial charge in [-0.1, -0.05) is 39.0 Å². The van der Waals surface area contributed by atoms with Crippen molar-refractivity contribution >= 4 is 8.60 Å². The largest absolute Gasteiger partial charge is 0.403 e. The van der Waals surface area contributed by atoms with E-state index >= 15 is 0 Å². The van der Waals surface area contributed by atoms with E-state index in [0.29, 0.717) is 0 Å². The molecule has 86 valence electrons. The molecule has 0 radical (unpaired) electrons. The third-order valence-electron chi connectivity index (χ3n) is 1.81. The van der Waals surface area contributed by atoms with Crippen LogP contribution in [0.2, 0.25) is 0 Å². The SMILES string of the molecule is CCCCCCCCOP(OF)OF. The molecule has 0 spiro atoms. The molecule has 0 heterocycles. The van der Waals surface area contributed by atoms with Crippen LogP contribution in [-0.2, 0) is 14.0 Å². The van der Waals surface area contributed by atoms with Gasteiger partial charge < -0.3 is 4.52 Å². The minimum absolute atomic E-state index is 0.270. The second-order valence-electron chi connectivity index (χ2n) is 2.96. The lowest BCUT2D eigenvalue weighted by Gasteiger charge is -2.05. The van der Waals surface area contributed by atoms with Gasteiger partial charge in [-0.3, -0.25) is 0 Å². The minimum Gasteiger partial charge on any atom is -0.309 e. The van der Waals surface area contributed by atoms with Gasteiger partial charge in [0.1, 0.15) is 0 Å². The summed E-state index contributed by atoms with van der Waals surface area (Å²) in [6.45, 7) is 2.42. The molecule has 0 unspecified atom stereocenters. The highest BCUT2D eigenvalue weighted by molar-refractivity contribution is 7.41. The average Bonchev–Trinajstić information content (AvgIpc) is 2.22. The molecule has 14 heavy (non-hydrogen) atoms. The van der Waals surface area contributed by atoms with Crippen LogP contribution in [0.5, 0.6) is 0 Å². The Morgan fingerprint density at radius 2 is 1.50 bits per heavy atom. The Kier molecular flexibility index (Phi) is 11.4. The smallest absolute Gasteiger partial charge is 0.309 e. The molecule has 0 rings (SSSR count). The number of rotatable bonds is 10. The van der Waals surface area contributed by atoms with Crippen molar-refractivity contribution in [2.24, 2.45) is 0 Å². The Balaban J connectivity index is 3.04. The molecule has 3 nitrogen and oxygen atoms in total. The summed E-state index contributed by atoms with van der Waals surface area (Å²) >= 11 is 0. The van der Waals surface area contributed by atoms with Crippen LogP contribution in [0.3, 0.4) is 0 Å². The van der Waals surface area contributed by atoms with Crippen LogP contribution in [0.1, 0.15) is 45.4 Å². The number of hydrogen-bond acceptors (Lipinski definition) is 3. The lowest BCUT2D eigenvalue weighted by molar-refractivity contribution is -0.0958. The maximum absolute atomic E-state index is 11.4. The summed E-state index contributed by atoms with van der Waals surface area (Å²) in [6.07, 6.45) is 6.53. The second kappa shape index (κ2) is 11.2. The van der Waals surface area contributed by atoms with Crippen LogP contribution in [0.15, 0.2) is 0 Å². The van der Waals surface area contributed by atoms with Crippen molar-refractivity contribution in [2.75, 3.05) is 6.61 Å². The van der Waals surface area contributed by atoms with Gasteiger partial charge in [0.25, 0.3) is 0 Å². The summed E-state index contributed by atoms with van der Waals surface area (Å²) < 4.78 is 33.5. The van der Waals surface area contributed by atoms with Gasteiger partial charge in [0.15, 0.2) is 0 Å². The number of unbranched alkanes of at least 4 members (excludes halogenated alkanes) is 5. The fourth-order valence-electron chi connectivity index (χ4n) is 1.07. The van der Waals surface area contributed by atoms with E-state index in [1.807, 2.05) is 0 Å². The molecule has 0 aliphatic carbocycles. The number of hydrogen-bond donors (Lipinski definition) is 0. The first kappa shape index (κ1) is 14.2. The van der Waals surface area contributed by atoms with E-state index in [1.54, 1.807) is 0 Å². The van der Waals surface area contributed by atoms with Gasteiger partial charge in [0, 0.05) is 0 Å². The third kappa shape index (κ3) is 8.75. The lowest BCUT2D eigenvalue weighted by atomic mass is 10.1. The zero-order chi connectivity index (χ0) is 10.6. The van der Waals surface area contributed by atoms with Crippen molar-refractivity contribution in [1.29, 1.82) is 0 Å². The molecule has 0 aromatic heterocycles. The van der Waals surface area contributed by atoms with E-state index in [9.17, 15) is 9.05 Å². The number of halogens is 2. The first-order valence-electron chi connectivity index (χ1n) is 4.85. The highest BCUT2D eigenvalue weighted by Crippen LogP contribution is 2.40. The van der Waals surface area contributed by atoms with E-state index < -0.39 is 8.60 Å². The lowest BCUT2D eigenvalue weighted by Crippen LogP contribution is -1.90. The molecule has 0 atom stereocenters. The fourth-order valence-corrected chi connectivity index (χ4v) is 1.45. The molecule has 0 aromatic rings. The molecule has 0 N–H and O–H groups in total. The van der Waals surface area contributed by atoms with Crippen LogP contribution < -0.4 is 0 Å². The first-order valence-corrected chi connectivity index (χ1v) is 5.95. The molecule has 0 aliphatic rings. The topological polar surface area (TPSA) is 27.7 Å². The molecule has 0 aliphatic heterocycles. The van der Waals surface area contributed by atoms with Crippen molar-refractivity contribution < 1.29 is 23.0 Å². The summed E-state index contributed by atoms with van der Waals surface area (Å²) in [5, 5.41) is 0. The molecular formula is C8H17F2O3P. The van der Waals surface area contributed by atoms with Crippen LogP contribution in [0.25, 0.3) is 0 Å². The van der Waals surface area contributed by atoms with Crippen molar-refractivity contribution in [3.63, 3.8) is 0 Å². The van der Waals surface area contributed by atoms with E-state index in [-0.39, 0.29) is 6.61 Å². The predicted octanol–water partition coefficient (Wildman–Crippen LogP) is 4.39. The van der Waals surface area contributed by atoms with Gasteiger partial charge in [-0.25, -0.2) is 0 Å². The summed E-state index contributed by atoms with van der Waals surface area (Å²) in [6, 6.07) is 0. The molecule has 0 amide bonds. The Morgan fingerprint density at radius 3 is 2.07 bits per heavy atom. The standard InChI is InChI=1S/C8H17F2O3P/c1-2-3-4-5-6-7-8-11-14(12-9)13-10/h2-8H2,1H3. The zero-order valence-corrected chi connectivity index (χ0v) is 9.27. The van der Waals surface area contributed by atoms with E-state index in [0.717, 1.165) is 19.3 Å². The second-order valence-corrected chi connectivity index (χ2v) is 3.94. The van der Waals surface area contributed by atoms with E-state index in [2.05, 4.69) is 20.9 Å². The highest BCUT2D eigenvalue weighted by Gasteiger charge is 2.13. The molecule has 0 saturated carbocycles. The van der Waals surface area contributed by atoms with Crippen LogP contribution in [0.4, 0.5) is 9.05 Å². The van der Waals surface area contributed by atoms with Gasteiger partial charge in [-0.15, -0.1) is 9.46 Å². The minimum atomic E-state index is -2.42. The van der Waals surface area contributed by atoms with Gasteiger partial charge in [-0.05, 0) is 15.5 Å². The average molecular weight is 230 g/mol. The zero-order valence-electron chi connectivity index (χ0n) is 8.38. The molecule has 0 aromatic carbocycles. The maximum Gasteiger partial charge on any atom is 0.403 e. The molecule has 0 fully saturated rings. The van der Waals surface area contributed by atoms with Crippen LogP contribution in [0, 0.1) is 0 Å². The summed E-state index contributed by atoms with van der Waals surface area (Å²) in [5.41, 5.74) is 0. The molecule has 6 heteroatoms. The first-order chi connectivity index (χ1) is 6.85. The normalized spacial score (nSPS) is 11.1. The van der Waals surface area contributed by atoms with E-state index in [4.69, 9.17) is 0 Å². The van der Waals surface area contributed by atoms with E-state index in [1.165, 1.54) is 19.3 Å². The van der Waals surface area contributed by atoms with Crippen molar-refractivity contribution in [3.8, 4) is 0 Å². The molecule has 0 saturated heterocycles. The Bertz CT molecular complexity index is 115. The maximum atomic E-state index is 11.4. The van der Waals surface area contributed by atoms with Gasteiger partial charge in [0.05, 0.1) is 6.61 Å². The van der Waals surface area contributed by atoms with Crippen molar-refractivity contribution in [2.45, 2.75) is 45.4 Å². The van der Waals surface area contributed by atoms with Crippen LogP contribution >= 0.6 is 8.60 Å². The Labute approximate surface area is 84.5 Å². The summed E-state index contributed by atoms with van der Waals surface area (Å²) in [7, 11) is -2.42. The molecule has 0 bridgehead atoms. The van der Waals surface area contributed by atoms with Crippen LogP contribution in [-0.4, -0.2) is 6.61 Å². The quantitative estimate of drug-likeness (QED) is 0.411. The highest BCUT2D eigenvalue weighted by atomic mass is 31.2. The van der Waals surface area contributed by atoms with Gasteiger partial charge in [-0.2, -0.15) is 0 Å². The summed E-state index contributed by atoms with van der Waals surface area (Å²) in [4.78, 5) is 0. The molecular weight excluding hydrogens is 213 g/mol. The third-order valence-corrected chi connectivity index (χ3v) is 2.43. The van der Waals surface area contributed by atoms with Crippen molar-refractivity contribution in [1.82, 2.24) is 0 Å². The fraction of sp³-hybridized carbons (Fsp3) is 1.00. The monoisotopic (exact) mass is 230 g/mol. The Morgan fingerprint density at radius 1 is 0.929 bits per heavy atom. The predicted molar refractivity (Wildman–Crippen MR) is 50.6 cm³/mol.